The van der Waals surface area contributed by atoms with Crippen molar-refractivity contribution >= 4 is 0 Å². The van der Waals surface area contributed by atoms with Gasteiger partial charge in [0, 0.05) is 31.7 Å². The molecule has 1 aromatic heterocycles. The molecular formula is C27H37N3O3. The first-order chi connectivity index (χ1) is 15.9. The Balaban J connectivity index is 1.96. The molecule has 3 rings (SSSR count). The lowest BCUT2D eigenvalue weighted by Crippen LogP contribution is -2.40. The highest BCUT2D eigenvalue weighted by Gasteiger charge is 2.25. The Hall–Kier alpha value is -2.67. The van der Waals surface area contributed by atoms with Crippen LogP contribution >= 0.6 is 0 Å². The quantitative estimate of drug-likeness (QED) is 0.407. The number of benzene rings is 2. The maximum atomic E-state index is 10.7. The summed E-state index contributed by atoms with van der Waals surface area (Å²) in [6.45, 7) is 9.74. The number of para-hydroxylation sites is 1. The van der Waals surface area contributed by atoms with Gasteiger partial charge >= 0.3 is 0 Å². The molecule has 2 atom stereocenters. The van der Waals surface area contributed by atoms with Gasteiger partial charge in [-0.3, -0.25) is 4.90 Å². The smallest absolute Gasteiger partial charge is 0.222 e. The Morgan fingerprint density at radius 2 is 1.64 bits per heavy atom. The Morgan fingerprint density at radius 3 is 2.24 bits per heavy atom. The Kier molecular flexibility index (Phi) is 9.06. The molecule has 0 aliphatic heterocycles. The van der Waals surface area contributed by atoms with Crippen molar-refractivity contribution in [1.29, 1.82) is 0 Å². The van der Waals surface area contributed by atoms with E-state index in [-0.39, 0.29) is 12.1 Å². The molecule has 0 aliphatic carbocycles. The number of ether oxygens (including phenoxy) is 2. The topological polar surface area (TPSA) is 59.8 Å². The second-order valence-corrected chi connectivity index (χ2v) is 8.76. The maximum Gasteiger partial charge on any atom is 0.222 e. The summed E-state index contributed by atoms with van der Waals surface area (Å²) < 4.78 is 13.8. The number of hydrogen-bond donors (Lipinski definition) is 1. The molecule has 3 aromatic rings. The monoisotopic (exact) mass is 451 g/mol. The van der Waals surface area contributed by atoms with Gasteiger partial charge in [-0.2, -0.15) is 5.10 Å². The second-order valence-electron chi connectivity index (χ2n) is 8.76. The van der Waals surface area contributed by atoms with Crippen molar-refractivity contribution in [2.75, 3.05) is 13.2 Å². The van der Waals surface area contributed by atoms with Crippen LogP contribution in [0, 0.1) is 0 Å². The van der Waals surface area contributed by atoms with Gasteiger partial charge in [-0.1, -0.05) is 55.5 Å². The van der Waals surface area contributed by atoms with Gasteiger partial charge < -0.3 is 14.6 Å². The average molecular weight is 452 g/mol. The molecule has 0 amide bonds. The first kappa shape index (κ1) is 25.0. The molecular weight excluding hydrogens is 414 g/mol. The lowest BCUT2D eigenvalue weighted by molar-refractivity contribution is -0.0149. The van der Waals surface area contributed by atoms with E-state index in [1.54, 1.807) is 4.68 Å². The Bertz CT molecular complexity index is 973. The highest BCUT2D eigenvalue weighted by molar-refractivity contribution is 5.65. The summed E-state index contributed by atoms with van der Waals surface area (Å²) in [4.78, 5) is 2.29. The minimum Gasteiger partial charge on any atom is -0.439 e. The molecule has 178 valence electrons. The molecule has 1 heterocycles. The lowest BCUT2D eigenvalue weighted by Gasteiger charge is -2.31. The van der Waals surface area contributed by atoms with Gasteiger partial charge in [0.25, 0.3) is 0 Å². The third-order valence-corrected chi connectivity index (χ3v) is 5.74. The molecule has 6 heteroatoms. The lowest BCUT2D eigenvalue weighted by atomic mass is 10.1. The first-order valence-electron chi connectivity index (χ1n) is 11.8. The van der Waals surface area contributed by atoms with E-state index < -0.39 is 6.10 Å². The number of hydrogen-bond acceptors (Lipinski definition) is 5. The van der Waals surface area contributed by atoms with E-state index in [0.29, 0.717) is 25.6 Å². The van der Waals surface area contributed by atoms with Gasteiger partial charge in [0.2, 0.25) is 5.88 Å². The summed E-state index contributed by atoms with van der Waals surface area (Å²) in [5.41, 5.74) is 2.94. The van der Waals surface area contributed by atoms with Crippen LogP contribution in [-0.4, -0.2) is 51.2 Å². The summed E-state index contributed by atoms with van der Waals surface area (Å²) in [7, 11) is 1.91. The summed E-state index contributed by atoms with van der Waals surface area (Å²) in [6, 6.07) is 20.2. The molecule has 6 nitrogen and oxygen atoms in total. The van der Waals surface area contributed by atoms with Gasteiger partial charge in [0.1, 0.15) is 11.4 Å². The predicted octanol–water partition coefficient (Wildman–Crippen LogP) is 5.27. The molecule has 0 radical (unpaired) electrons. The average Bonchev–Trinajstić information content (AvgIpc) is 3.13. The zero-order chi connectivity index (χ0) is 23.8. The third kappa shape index (κ3) is 6.90. The maximum absolute atomic E-state index is 10.7. The zero-order valence-electron chi connectivity index (χ0n) is 20.4. The van der Waals surface area contributed by atoms with Gasteiger partial charge in [-0.05, 0) is 39.3 Å². The van der Waals surface area contributed by atoms with Gasteiger partial charge in [-0.25, -0.2) is 4.68 Å². The number of aliphatic hydroxyl groups excluding tert-OH is 1. The van der Waals surface area contributed by atoms with Crippen LogP contribution in [0.15, 0.2) is 60.7 Å². The van der Waals surface area contributed by atoms with Crippen molar-refractivity contribution in [3.63, 3.8) is 0 Å². The van der Waals surface area contributed by atoms with Crippen LogP contribution in [0.1, 0.15) is 39.7 Å². The van der Waals surface area contributed by atoms with Crippen LogP contribution in [0.4, 0.5) is 0 Å². The van der Waals surface area contributed by atoms with E-state index in [4.69, 9.17) is 14.6 Å². The van der Waals surface area contributed by atoms with E-state index in [2.05, 4.69) is 30.9 Å². The largest absolute Gasteiger partial charge is 0.439 e. The van der Waals surface area contributed by atoms with Crippen LogP contribution in [0.3, 0.4) is 0 Å². The number of aliphatic hydroxyl groups is 1. The molecule has 0 aliphatic rings. The molecule has 0 saturated heterocycles. The number of nitrogens with zero attached hydrogens (tertiary/aromatic N) is 3. The molecule has 0 spiro atoms. The highest BCUT2D eigenvalue weighted by Crippen LogP contribution is 2.34. The predicted molar refractivity (Wildman–Crippen MR) is 132 cm³/mol. The normalized spacial score (nSPS) is 13.5. The number of rotatable bonds is 12. The van der Waals surface area contributed by atoms with Crippen LogP contribution in [0.2, 0.25) is 0 Å². The van der Waals surface area contributed by atoms with E-state index in [1.807, 2.05) is 69.4 Å². The minimum absolute atomic E-state index is 0.0885. The van der Waals surface area contributed by atoms with Crippen LogP contribution in [0.5, 0.6) is 11.6 Å². The summed E-state index contributed by atoms with van der Waals surface area (Å²) >= 11 is 0. The summed E-state index contributed by atoms with van der Waals surface area (Å²) in [5, 5.41) is 15.5. The zero-order valence-corrected chi connectivity index (χ0v) is 20.4. The Morgan fingerprint density at radius 1 is 1.00 bits per heavy atom. The van der Waals surface area contributed by atoms with Crippen molar-refractivity contribution in [1.82, 2.24) is 14.7 Å². The highest BCUT2D eigenvalue weighted by atomic mass is 16.5. The molecule has 0 bridgehead atoms. The van der Waals surface area contributed by atoms with E-state index >= 15 is 0 Å². The van der Waals surface area contributed by atoms with Crippen molar-refractivity contribution in [3.8, 4) is 22.9 Å². The van der Waals surface area contributed by atoms with Crippen molar-refractivity contribution in [3.05, 3.63) is 66.2 Å². The molecule has 2 unspecified atom stereocenters. The van der Waals surface area contributed by atoms with Gasteiger partial charge in [-0.15, -0.1) is 0 Å². The number of aromatic nitrogens is 2. The minimum atomic E-state index is -0.572. The van der Waals surface area contributed by atoms with Crippen LogP contribution in [0.25, 0.3) is 11.3 Å². The standard InChI is InChI=1S/C27H37N3O3/c1-6-21(4)30(17-23(31)19-32-20(2)3)18-25-26(22-13-9-7-10-14-22)28-29(5)27(25)33-24-15-11-8-12-16-24/h7-16,20-21,23,31H,6,17-19H2,1-5H3. The molecule has 0 saturated carbocycles. The summed E-state index contributed by atoms with van der Waals surface area (Å²) in [6.07, 6.45) is 0.482. The third-order valence-electron chi connectivity index (χ3n) is 5.74. The van der Waals surface area contributed by atoms with E-state index in [9.17, 15) is 5.11 Å². The van der Waals surface area contributed by atoms with E-state index in [1.165, 1.54) is 0 Å². The van der Waals surface area contributed by atoms with Gasteiger partial charge in [0.05, 0.1) is 24.4 Å². The fourth-order valence-corrected chi connectivity index (χ4v) is 3.74. The van der Waals surface area contributed by atoms with Crippen LogP contribution in [-0.2, 0) is 18.3 Å². The van der Waals surface area contributed by atoms with Crippen LogP contribution < -0.4 is 4.74 Å². The first-order valence-corrected chi connectivity index (χ1v) is 11.8. The van der Waals surface area contributed by atoms with Crippen molar-refractivity contribution in [2.45, 2.75) is 58.9 Å². The fourth-order valence-electron chi connectivity index (χ4n) is 3.74. The Labute approximate surface area is 197 Å². The van der Waals surface area contributed by atoms with Crippen molar-refractivity contribution < 1.29 is 14.6 Å². The van der Waals surface area contributed by atoms with Crippen molar-refractivity contribution in [2.24, 2.45) is 7.05 Å². The molecule has 2 aromatic carbocycles. The molecule has 0 fully saturated rings. The summed E-state index contributed by atoms with van der Waals surface area (Å²) in [5.74, 6) is 1.48. The second kappa shape index (κ2) is 12.0. The fraction of sp³-hybridized carbons (Fsp3) is 0.444. The van der Waals surface area contributed by atoms with E-state index in [0.717, 1.165) is 29.0 Å². The molecule has 1 N–H and O–H groups in total. The number of aryl methyl sites for hydroxylation is 1. The SMILES string of the molecule is CCC(C)N(Cc1c(-c2ccccc2)nn(C)c1Oc1ccccc1)CC(O)COC(C)C. The van der Waals surface area contributed by atoms with Gasteiger partial charge in [0.15, 0.2) is 0 Å². The molecule has 33 heavy (non-hydrogen) atoms.